The third-order valence-electron chi connectivity index (χ3n) is 3.45. The molecule has 1 aromatic rings. The number of nitrogens with zero attached hydrogens (tertiary/aromatic N) is 1. The number of hydrogen-bond donors (Lipinski definition) is 1. The lowest BCUT2D eigenvalue weighted by Crippen LogP contribution is -2.49. The largest absolute Gasteiger partial charge is 0.368 e. The molecule has 1 saturated heterocycles. The SMILES string of the molecule is NC(=O)C1CCCCN1CC(=O)c1ccc(F)cc1. The van der Waals surface area contributed by atoms with Crippen LogP contribution in [0.1, 0.15) is 29.6 Å². The predicted octanol–water partition coefficient (Wildman–Crippen LogP) is 1.35. The number of piperidine rings is 1. The molecule has 1 heterocycles. The maximum atomic E-state index is 12.8. The van der Waals surface area contributed by atoms with Gasteiger partial charge >= 0.3 is 0 Å². The number of carbonyl (C=O) groups excluding carboxylic acids is 2. The zero-order valence-electron chi connectivity index (χ0n) is 10.6. The molecule has 102 valence electrons. The zero-order valence-corrected chi connectivity index (χ0v) is 10.6. The van der Waals surface area contributed by atoms with E-state index in [0.717, 1.165) is 12.8 Å². The van der Waals surface area contributed by atoms with Crippen LogP contribution in [0.25, 0.3) is 0 Å². The number of ketones is 1. The Morgan fingerprint density at radius 2 is 1.95 bits per heavy atom. The van der Waals surface area contributed by atoms with E-state index in [1.807, 2.05) is 4.90 Å². The molecule has 4 nitrogen and oxygen atoms in total. The molecule has 2 N–H and O–H groups in total. The van der Waals surface area contributed by atoms with Crippen molar-refractivity contribution in [1.29, 1.82) is 0 Å². The van der Waals surface area contributed by atoms with Gasteiger partial charge in [0, 0.05) is 5.56 Å². The number of hydrogen-bond acceptors (Lipinski definition) is 3. The molecule has 1 aliphatic rings. The molecular weight excluding hydrogens is 247 g/mol. The van der Waals surface area contributed by atoms with Gasteiger partial charge in [-0.1, -0.05) is 6.42 Å². The van der Waals surface area contributed by atoms with Crippen molar-refractivity contribution in [2.45, 2.75) is 25.3 Å². The van der Waals surface area contributed by atoms with E-state index in [-0.39, 0.29) is 30.1 Å². The smallest absolute Gasteiger partial charge is 0.234 e. The lowest BCUT2D eigenvalue weighted by molar-refractivity contribution is -0.124. The van der Waals surface area contributed by atoms with Crippen molar-refractivity contribution in [2.75, 3.05) is 13.1 Å². The van der Waals surface area contributed by atoms with Gasteiger partial charge in [0.05, 0.1) is 12.6 Å². The van der Waals surface area contributed by atoms with Gasteiger partial charge in [0.2, 0.25) is 5.91 Å². The first-order valence-corrected chi connectivity index (χ1v) is 6.40. The third-order valence-corrected chi connectivity index (χ3v) is 3.45. The fraction of sp³-hybridized carbons (Fsp3) is 0.429. The molecule has 1 fully saturated rings. The molecule has 1 aromatic carbocycles. The molecule has 0 spiro atoms. The van der Waals surface area contributed by atoms with E-state index >= 15 is 0 Å². The molecule has 0 aliphatic carbocycles. The van der Waals surface area contributed by atoms with Crippen molar-refractivity contribution in [3.05, 3.63) is 35.6 Å². The van der Waals surface area contributed by atoms with E-state index in [4.69, 9.17) is 5.73 Å². The highest BCUT2D eigenvalue weighted by atomic mass is 19.1. The Balaban J connectivity index is 2.04. The lowest BCUT2D eigenvalue weighted by Gasteiger charge is -2.32. The van der Waals surface area contributed by atoms with Crippen molar-refractivity contribution < 1.29 is 14.0 Å². The quantitative estimate of drug-likeness (QED) is 0.835. The monoisotopic (exact) mass is 264 g/mol. The van der Waals surface area contributed by atoms with Crippen molar-refractivity contribution in [3.8, 4) is 0 Å². The Hall–Kier alpha value is -1.75. The highest BCUT2D eigenvalue weighted by Crippen LogP contribution is 2.17. The number of amides is 1. The number of nitrogens with two attached hydrogens (primary N) is 1. The topological polar surface area (TPSA) is 63.4 Å². The van der Waals surface area contributed by atoms with Gasteiger partial charge < -0.3 is 5.73 Å². The van der Waals surface area contributed by atoms with E-state index in [2.05, 4.69) is 0 Å². The molecule has 0 bridgehead atoms. The summed E-state index contributed by atoms with van der Waals surface area (Å²) >= 11 is 0. The second kappa shape index (κ2) is 5.93. The van der Waals surface area contributed by atoms with Crippen LogP contribution in [0, 0.1) is 5.82 Å². The second-order valence-corrected chi connectivity index (χ2v) is 4.81. The standard InChI is InChI=1S/C14H17FN2O2/c15-11-6-4-10(5-7-11)13(18)9-17-8-2-1-3-12(17)14(16)19/h4-7,12H,1-3,8-9H2,(H2,16,19). The summed E-state index contributed by atoms with van der Waals surface area (Å²) in [6, 6.07) is 5.07. The number of halogens is 1. The number of primary amides is 1. The van der Waals surface area contributed by atoms with Gasteiger partial charge in [0.25, 0.3) is 0 Å². The van der Waals surface area contributed by atoms with Crippen LogP contribution in [0.5, 0.6) is 0 Å². The maximum Gasteiger partial charge on any atom is 0.234 e. The average Bonchev–Trinajstić information content (AvgIpc) is 2.39. The number of benzene rings is 1. The Bertz CT molecular complexity index is 473. The molecule has 0 radical (unpaired) electrons. The molecule has 1 aliphatic heterocycles. The van der Waals surface area contributed by atoms with Crippen molar-refractivity contribution in [3.63, 3.8) is 0 Å². The molecular formula is C14H17FN2O2. The first-order chi connectivity index (χ1) is 9.08. The molecule has 2 rings (SSSR count). The molecule has 0 saturated carbocycles. The summed E-state index contributed by atoms with van der Waals surface area (Å²) in [7, 11) is 0. The maximum absolute atomic E-state index is 12.8. The molecule has 0 aromatic heterocycles. The Kier molecular flexibility index (Phi) is 4.27. The van der Waals surface area contributed by atoms with Crippen LogP contribution in [0.3, 0.4) is 0 Å². The predicted molar refractivity (Wildman–Crippen MR) is 69.1 cm³/mol. The Labute approximate surface area is 111 Å². The second-order valence-electron chi connectivity index (χ2n) is 4.81. The molecule has 1 atom stereocenters. The minimum absolute atomic E-state index is 0.117. The van der Waals surface area contributed by atoms with Gasteiger partial charge in [0.1, 0.15) is 5.82 Å². The average molecular weight is 264 g/mol. The zero-order chi connectivity index (χ0) is 13.8. The van der Waals surface area contributed by atoms with Crippen molar-refractivity contribution in [1.82, 2.24) is 4.90 Å². The minimum Gasteiger partial charge on any atom is -0.368 e. The Morgan fingerprint density at radius 3 is 2.58 bits per heavy atom. The van der Waals surface area contributed by atoms with Gasteiger partial charge in [0.15, 0.2) is 5.78 Å². The van der Waals surface area contributed by atoms with E-state index in [9.17, 15) is 14.0 Å². The minimum atomic E-state index is -0.383. The number of rotatable bonds is 4. The van der Waals surface area contributed by atoms with Gasteiger partial charge in [-0.3, -0.25) is 14.5 Å². The number of Topliss-reactive ketones (excluding diaryl/α,β-unsaturated/α-hetero) is 1. The van der Waals surface area contributed by atoms with Gasteiger partial charge in [-0.05, 0) is 43.7 Å². The van der Waals surface area contributed by atoms with Crippen molar-refractivity contribution in [2.24, 2.45) is 5.73 Å². The summed E-state index contributed by atoms with van der Waals surface area (Å²) in [5.41, 5.74) is 5.80. The molecule has 1 unspecified atom stereocenters. The number of carbonyl (C=O) groups is 2. The van der Waals surface area contributed by atoms with Gasteiger partial charge in [-0.25, -0.2) is 4.39 Å². The fourth-order valence-electron chi connectivity index (χ4n) is 2.41. The van der Waals surface area contributed by atoms with E-state index in [1.165, 1.54) is 24.3 Å². The summed E-state index contributed by atoms with van der Waals surface area (Å²) in [5.74, 6) is -0.871. The fourth-order valence-corrected chi connectivity index (χ4v) is 2.41. The highest BCUT2D eigenvalue weighted by Gasteiger charge is 2.28. The van der Waals surface area contributed by atoms with Crippen LogP contribution in [-0.2, 0) is 4.79 Å². The van der Waals surface area contributed by atoms with Crippen molar-refractivity contribution >= 4 is 11.7 Å². The van der Waals surface area contributed by atoms with E-state index in [1.54, 1.807) is 0 Å². The van der Waals surface area contributed by atoms with Crippen LogP contribution < -0.4 is 5.73 Å². The summed E-state index contributed by atoms with van der Waals surface area (Å²) in [4.78, 5) is 25.2. The third kappa shape index (κ3) is 3.38. The normalized spacial score (nSPS) is 20.2. The highest BCUT2D eigenvalue weighted by molar-refractivity contribution is 5.98. The van der Waals surface area contributed by atoms with Crippen LogP contribution in [-0.4, -0.2) is 35.7 Å². The molecule has 5 heteroatoms. The first kappa shape index (κ1) is 13.7. The van der Waals surface area contributed by atoms with Crippen LogP contribution in [0.2, 0.25) is 0 Å². The van der Waals surface area contributed by atoms with Crippen LogP contribution >= 0.6 is 0 Å². The van der Waals surface area contributed by atoms with Crippen LogP contribution in [0.4, 0.5) is 4.39 Å². The summed E-state index contributed by atoms with van der Waals surface area (Å²) in [5, 5.41) is 0. The summed E-state index contributed by atoms with van der Waals surface area (Å²) < 4.78 is 12.8. The molecule has 19 heavy (non-hydrogen) atoms. The van der Waals surface area contributed by atoms with Gasteiger partial charge in [-0.2, -0.15) is 0 Å². The Morgan fingerprint density at radius 1 is 1.26 bits per heavy atom. The van der Waals surface area contributed by atoms with Gasteiger partial charge in [-0.15, -0.1) is 0 Å². The van der Waals surface area contributed by atoms with Crippen LogP contribution in [0.15, 0.2) is 24.3 Å². The summed E-state index contributed by atoms with van der Waals surface area (Å²) in [6.07, 6.45) is 2.61. The van der Waals surface area contributed by atoms with E-state index < -0.39 is 0 Å². The first-order valence-electron chi connectivity index (χ1n) is 6.40. The molecule has 1 amide bonds. The summed E-state index contributed by atoms with van der Waals surface area (Å²) in [6.45, 7) is 0.847. The van der Waals surface area contributed by atoms with E-state index in [0.29, 0.717) is 18.5 Å². The number of likely N-dealkylation sites (tertiary alicyclic amines) is 1. The lowest BCUT2D eigenvalue weighted by atomic mass is 10.0.